The molecule has 3 amide bonds. The number of hydrogen-bond acceptors (Lipinski definition) is 7. The van der Waals surface area contributed by atoms with Gasteiger partial charge in [-0.2, -0.15) is 0 Å². The molecule has 1 atom stereocenters. The Kier molecular flexibility index (Phi) is 7.16. The smallest absolute Gasteiger partial charge is 0.247 e. The van der Waals surface area contributed by atoms with Crippen LogP contribution in [-0.2, 0) is 14.4 Å². The largest absolute Gasteiger partial charge is 0.493 e. The molecule has 10 heteroatoms. The summed E-state index contributed by atoms with van der Waals surface area (Å²) in [5.41, 5.74) is 1.26. The average Bonchev–Trinajstić information content (AvgIpc) is 2.87. The number of carbonyl (C=O) groups is 3. The fourth-order valence-corrected chi connectivity index (χ4v) is 5.21. The summed E-state index contributed by atoms with van der Waals surface area (Å²) in [6.07, 6.45) is 1.02. The lowest BCUT2D eigenvalue weighted by atomic mass is 9.95. The molecule has 1 saturated heterocycles. The zero-order valence-electron chi connectivity index (χ0n) is 19.3. The summed E-state index contributed by atoms with van der Waals surface area (Å²) in [6.45, 7) is 0.830. The summed E-state index contributed by atoms with van der Waals surface area (Å²) in [7, 11) is 4.54. The van der Waals surface area contributed by atoms with E-state index >= 15 is 0 Å². The molecule has 2 aromatic rings. The van der Waals surface area contributed by atoms with Crippen LogP contribution in [0.5, 0.6) is 17.2 Å². The van der Waals surface area contributed by atoms with E-state index in [0.29, 0.717) is 48.9 Å². The Morgan fingerprint density at radius 1 is 1.03 bits per heavy atom. The molecule has 0 radical (unpaired) electrons. The highest BCUT2D eigenvalue weighted by Crippen LogP contribution is 2.40. The number of piperidine rings is 1. The molecule has 0 unspecified atom stereocenters. The third-order valence-electron chi connectivity index (χ3n) is 5.96. The van der Waals surface area contributed by atoms with Crippen LogP contribution in [0.2, 0.25) is 0 Å². The number of amides is 3. The molecule has 0 bridgehead atoms. The van der Waals surface area contributed by atoms with E-state index in [4.69, 9.17) is 14.2 Å². The van der Waals surface area contributed by atoms with Gasteiger partial charge in [0.05, 0.1) is 27.0 Å². The highest BCUT2D eigenvalue weighted by Gasteiger charge is 2.37. The van der Waals surface area contributed by atoms with E-state index < -0.39 is 5.25 Å². The van der Waals surface area contributed by atoms with E-state index in [1.54, 1.807) is 17.0 Å². The van der Waals surface area contributed by atoms with E-state index in [0.717, 1.165) is 10.6 Å². The molecule has 0 aliphatic carbocycles. The summed E-state index contributed by atoms with van der Waals surface area (Å²) >= 11 is 1.27. The van der Waals surface area contributed by atoms with E-state index in [1.165, 1.54) is 33.1 Å². The highest BCUT2D eigenvalue weighted by molar-refractivity contribution is 8.01. The molecule has 9 nitrogen and oxygen atoms in total. The van der Waals surface area contributed by atoms with Gasteiger partial charge in [0, 0.05) is 41.7 Å². The van der Waals surface area contributed by atoms with Gasteiger partial charge in [-0.15, -0.1) is 11.8 Å². The molecule has 2 heterocycles. The lowest BCUT2D eigenvalue weighted by Gasteiger charge is -2.34. The van der Waals surface area contributed by atoms with Gasteiger partial charge in [0.1, 0.15) is 0 Å². The minimum absolute atomic E-state index is 0.139. The molecule has 2 aromatic carbocycles. The normalized spacial score (nSPS) is 17.9. The Hall–Kier alpha value is -3.40. The summed E-state index contributed by atoms with van der Waals surface area (Å²) < 4.78 is 16.0. The second-order valence-corrected chi connectivity index (χ2v) is 9.13. The van der Waals surface area contributed by atoms with Crippen LogP contribution in [-0.4, -0.2) is 62.3 Å². The van der Waals surface area contributed by atoms with Gasteiger partial charge < -0.3 is 29.7 Å². The van der Waals surface area contributed by atoms with Crippen molar-refractivity contribution in [2.24, 2.45) is 5.92 Å². The number of carbonyl (C=O) groups excluding carboxylic acids is 3. The number of nitrogens with zero attached hydrogens (tertiary/aromatic N) is 1. The first-order chi connectivity index (χ1) is 16.4. The fourth-order valence-electron chi connectivity index (χ4n) is 4.14. The van der Waals surface area contributed by atoms with E-state index in [1.807, 2.05) is 24.3 Å². The number of para-hydroxylation sites is 1. The van der Waals surface area contributed by atoms with Crippen molar-refractivity contribution in [1.29, 1.82) is 0 Å². The molecule has 2 aliphatic heterocycles. The molecule has 4 rings (SSSR count). The molecule has 0 spiro atoms. The quantitative estimate of drug-likeness (QED) is 0.606. The lowest BCUT2D eigenvalue weighted by molar-refractivity contribution is -0.136. The number of hydrogen-bond donors (Lipinski definition) is 2. The molecule has 1 fully saturated rings. The van der Waals surface area contributed by atoms with Gasteiger partial charge in [0.15, 0.2) is 16.7 Å². The number of ether oxygens (including phenoxy) is 3. The van der Waals surface area contributed by atoms with Gasteiger partial charge >= 0.3 is 0 Å². The maximum Gasteiger partial charge on any atom is 0.247 e. The van der Waals surface area contributed by atoms with Gasteiger partial charge in [0.25, 0.3) is 0 Å². The number of rotatable bonds is 6. The summed E-state index contributed by atoms with van der Waals surface area (Å²) in [6, 6.07) is 10.8. The minimum atomic E-state index is -0.820. The first kappa shape index (κ1) is 23.7. The van der Waals surface area contributed by atoms with Crippen molar-refractivity contribution in [2.75, 3.05) is 45.1 Å². The van der Waals surface area contributed by atoms with E-state index in [2.05, 4.69) is 10.6 Å². The molecule has 0 saturated carbocycles. The fraction of sp³-hybridized carbons (Fsp3) is 0.375. The van der Waals surface area contributed by atoms with Crippen molar-refractivity contribution in [3.05, 3.63) is 36.4 Å². The third kappa shape index (κ3) is 4.77. The lowest BCUT2D eigenvalue weighted by Crippen LogP contribution is -2.48. The maximum absolute atomic E-state index is 13.0. The number of fused-ring (bicyclic) bond motifs is 1. The Morgan fingerprint density at radius 3 is 2.29 bits per heavy atom. The Bertz CT molecular complexity index is 1070. The zero-order chi connectivity index (χ0) is 24.2. The number of nitrogens with one attached hydrogen (secondary N) is 2. The van der Waals surface area contributed by atoms with Crippen molar-refractivity contribution in [3.8, 4) is 17.2 Å². The first-order valence-corrected chi connectivity index (χ1v) is 11.8. The van der Waals surface area contributed by atoms with Crippen LogP contribution in [0, 0.1) is 5.92 Å². The number of methoxy groups -OCH3 is 3. The predicted molar refractivity (Wildman–Crippen MR) is 129 cm³/mol. The van der Waals surface area contributed by atoms with Gasteiger partial charge in [-0.1, -0.05) is 12.1 Å². The molecule has 2 aliphatic rings. The summed E-state index contributed by atoms with van der Waals surface area (Å²) in [5.74, 6) is 0.417. The van der Waals surface area contributed by atoms with Crippen molar-refractivity contribution >= 4 is 40.9 Å². The van der Waals surface area contributed by atoms with Gasteiger partial charge in [-0.05, 0) is 25.0 Å². The number of anilines is 2. The number of benzene rings is 2. The molecule has 2 N–H and O–H groups in total. The van der Waals surface area contributed by atoms with Crippen LogP contribution in [0.3, 0.4) is 0 Å². The van der Waals surface area contributed by atoms with Crippen molar-refractivity contribution in [3.63, 3.8) is 0 Å². The SMILES string of the molecule is COc1cc(NC(=O)C2CCN(C(=O)[C@H]3Sc4ccccc4NC3=O)CC2)cc(OC)c1OC. The van der Waals surface area contributed by atoms with Crippen molar-refractivity contribution in [1.82, 2.24) is 4.90 Å². The van der Waals surface area contributed by atoms with Gasteiger partial charge in [-0.25, -0.2) is 0 Å². The monoisotopic (exact) mass is 485 g/mol. The predicted octanol–water partition coefficient (Wildman–Crippen LogP) is 3.00. The third-order valence-corrected chi connectivity index (χ3v) is 7.22. The Morgan fingerprint density at radius 2 is 1.68 bits per heavy atom. The zero-order valence-corrected chi connectivity index (χ0v) is 20.1. The summed E-state index contributed by atoms with van der Waals surface area (Å²) in [4.78, 5) is 41.0. The van der Waals surface area contributed by atoms with Crippen LogP contribution in [0.1, 0.15) is 12.8 Å². The number of thioether (sulfide) groups is 1. The van der Waals surface area contributed by atoms with Crippen LogP contribution >= 0.6 is 11.8 Å². The first-order valence-electron chi connectivity index (χ1n) is 10.9. The minimum Gasteiger partial charge on any atom is -0.493 e. The van der Waals surface area contributed by atoms with Crippen LogP contribution < -0.4 is 24.8 Å². The molecule has 34 heavy (non-hydrogen) atoms. The van der Waals surface area contributed by atoms with Crippen LogP contribution in [0.4, 0.5) is 11.4 Å². The van der Waals surface area contributed by atoms with Crippen LogP contribution in [0.15, 0.2) is 41.3 Å². The molecule has 0 aromatic heterocycles. The van der Waals surface area contributed by atoms with E-state index in [-0.39, 0.29) is 23.6 Å². The Balaban J connectivity index is 1.36. The second-order valence-electron chi connectivity index (χ2n) is 7.99. The standard InChI is InChI=1S/C24H27N3O6S/c1-31-17-12-15(13-18(32-2)20(17)33-3)25-22(28)14-8-10-27(11-9-14)24(30)21-23(29)26-16-6-4-5-7-19(16)34-21/h4-7,12-14,21H,8-11H2,1-3H3,(H,25,28)(H,26,29)/t21-/m0/s1. The van der Waals surface area contributed by atoms with Crippen molar-refractivity contribution < 1.29 is 28.6 Å². The van der Waals surface area contributed by atoms with Gasteiger partial charge in [-0.3, -0.25) is 14.4 Å². The highest BCUT2D eigenvalue weighted by atomic mass is 32.2. The average molecular weight is 486 g/mol. The molecular formula is C24H27N3O6S. The maximum atomic E-state index is 13.0. The van der Waals surface area contributed by atoms with Crippen LogP contribution in [0.25, 0.3) is 0 Å². The summed E-state index contributed by atoms with van der Waals surface area (Å²) in [5, 5.41) is 4.90. The van der Waals surface area contributed by atoms with Crippen molar-refractivity contribution in [2.45, 2.75) is 23.0 Å². The van der Waals surface area contributed by atoms with Gasteiger partial charge in [0.2, 0.25) is 23.5 Å². The molecule has 180 valence electrons. The molecular weight excluding hydrogens is 458 g/mol. The topological polar surface area (TPSA) is 106 Å². The second kappa shape index (κ2) is 10.3. The number of likely N-dealkylation sites (tertiary alicyclic amines) is 1. The van der Waals surface area contributed by atoms with E-state index in [9.17, 15) is 14.4 Å². The Labute approximate surface area is 202 Å².